The number of fused-ring (bicyclic) bond motifs is 1. The highest BCUT2D eigenvalue weighted by molar-refractivity contribution is 5.05. The molecule has 2 nitrogen and oxygen atoms in total. The monoisotopic (exact) mass is 264 g/mol. The molecule has 5 unspecified atom stereocenters. The summed E-state index contributed by atoms with van der Waals surface area (Å²) in [5, 5.41) is 0. The molecule has 0 spiro atoms. The summed E-state index contributed by atoms with van der Waals surface area (Å²) < 4.78 is 0. The summed E-state index contributed by atoms with van der Waals surface area (Å²) >= 11 is 0. The number of hydrogen-bond donors (Lipinski definition) is 1. The Morgan fingerprint density at radius 1 is 1.05 bits per heavy atom. The van der Waals surface area contributed by atoms with E-state index in [0.717, 1.165) is 30.3 Å². The standard InChI is InChI=1S/C17H32N2/c1-13-6-4-10-17(12-18,14(13)2)19-11-5-8-15-7-3-9-16(15)19/h13-16H,3-12,18H2,1-2H3. The van der Waals surface area contributed by atoms with Crippen LogP contribution in [0, 0.1) is 17.8 Å². The van der Waals surface area contributed by atoms with E-state index in [9.17, 15) is 0 Å². The molecule has 0 amide bonds. The molecule has 0 aromatic carbocycles. The second kappa shape index (κ2) is 5.37. The maximum Gasteiger partial charge on any atom is 0.0362 e. The van der Waals surface area contributed by atoms with Crippen molar-refractivity contribution in [3.05, 3.63) is 0 Å². The summed E-state index contributed by atoms with van der Waals surface area (Å²) in [5.74, 6) is 2.60. The molecule has 2 aliphatic carbocycles. The van der Waals surface area contributed by atoms with Crippen LogP contribution in [0.5, 0.6) is 0 Å². The van der Waals surface area contributed by atoms with Gasteiger partial charge in [-0.3, -0.25) is 4.90 Å². The first-order chi connectivity index (χ1) is 9.19. The maximum atomic E-state index is 6.36. The maximum absolute atomic E-state index is 6.36. The normalized spacial score (nSPS) is 48.2. The van der Waals surface area contributed by atoms with Crippen molar-refractivity contribution in [3.63, 3.8) is 0 Å². The fourth-order valence-corrected chi connectivity index (χ4v) is 5.55. The molecule has 5 atom stereocenters. The highest BCUT2D eigenvalue weighted by atomic mass is 15.3. The van der Waals surface area contributed by atoms with Gasteiger partial charge in [-0.2, -0.15) is 0 Å². The van der Waals surface area contributed by atoms with Gasteiger partial charge in [-0.05, 0) is 56.4 Å². The van der Waals surface area contributed by atoms with E-state index in [1.54, 1.807) is 0 Å². The molecule has 3 fully saturated rings. The predicted octanol–water partition coefficient (Wildman–Crippen LogP) is 3.40. The van der Waals surface area contributed by atoms with Crippen LogP contribution in [-0.2, 0) is 0 Å². The van der Waals surface area contributed by atoms with Gasteiger partial charge in [0, 0.05) is 18.1 Å². The van der Waals surface area contributed by atoms with Crippen LogP contribution in [0.2, 0.25) is 0 Å². The zero-order valence-electron chi connectivity index (χ0n) is 12.9. The lowest BCUT2D eigenvalue weighted by Crippen LogP contribution is -2.65. The van der Waals surface area contributed by atoms with Crippen molar-refractivity contribution in [2.24, 2.45) is 23.5 Å². The van der Waals surface area contributed by atoms with E-state index in [1.807, 2.05) is 0 Å². The van der Waals surface area contributed by atoms with Gasteiger partial charge in [-0.25, -0.2) is 0 Å². The lowest BCUT2D eigenvalue weighted by Gasteiger charge is -2.57. The molecule has 3 rings (SSSR count). The van der Waals surface area contributed by atoms with Gasteiger partial charge in [-0.1, -0.05) is 33.1 Å². The zero-order chi connectivity index (χ0) is 13.5. The Morgan fingerprint density at radius 2 is 1.84 bits per heavy atom. The molecule has 1 heterocycles. The molecule has 0 radical (unpaired) electrons. The van der Waals surface area contributed by atoms with Gasteiger partial charge in [0.25, 0.3) is 0 Å². The Labute approximate surface area is 119 Å². The minimum atomic E-state index is 0.325. The van der Waals surface area contributed by atoms with Crippen LogP contribution in [0.15, 0.2) is 0 Å². The predicted molar refractivity (Wildman–Crippen MR) is 81.0 cm³/mol. The second-order valence-corrected chi connectivity index (χ2v) is 7.56. The summed E-state index contributed by atoms with van der Waals surface area (Å²) in [6.45, 7) is 7.12. The summed E-state index contributed by atoms with van der Waals surface area (Å²) in [6, 6.07) is 0.866. The van der Waals surface area contributed by atoms with E-state index in [-0.39, 0.29) is 0 Å². The molecular formula is C17H32N2. The highest BCUT2D eigenvalue weighted by Crippen LogP contribution is 2.47. The summed E-state index contributed by atoms with van der Waals surface area (Å²) in [6.07, 6.45) is 11.4. The van der Waals surface area contributed by atoms with Gasteiger partial charge in [-0.15, -0.1) is 0 Å². The lowest BCUT2D eigenvalue weighted by atomic mass is 9.66. The van der Waals surface area contributed by atoms with Crippen LogP contribution in [0.1, 0.15) is 65.2 Å². The van der Waals surface area contributed by atoms with E-state index in [2.05, 4.69) is 18.7 Å². The summed E-state index contributed by atoms with van der Waals surface area (Å²) in [5.41, 5.74) is 6.69. The second-order valence-electron chi connectivity index (χ2n) is 7.56. The quantitative estimate of drug-likeness (QED) is 0.828. The third-order valence-electron chi connectivity index (χ3n) is 6.89. The Morgan fingerprint density at radius 3 is 2.63 bits per heavy atom. The molecule has 110 valence electrons. The molecular weight excluding hydrogens is 232 g/mol. The van der Waals surface area contributed by atoms with Gasteiger partial charge < -0.3 is 5.73 Å². The van der Waals surface area contributed by atoms with Crippen LogP contribution in [0.3, 0.4) is 0 Å². The number of piperidine rings is 1. The van der Waals surface area contributed by atoms with E-state index < -0.39 is 0 Å². The third-order valence-corrected chi connectivity index (χ3v) is 6.89. The summed E-state index contributed by atoms with van der Waals surface area (Å²) in [4.78, 5) is 2.91. The average molecular weight is 264 g/mol. The smallest absolute Gasteiger partial charge is 0.0362 e. The van der Waals surface area contributed by atoms with Gasteiger partial charge in [0.15, 0.2) is 0 Å². The van der Waals surface area contributed by atoms with Crippen LogP contribution in [0.25, 0.3) is 0 Å². The zero-order valence-corrected chi connectivity index (χ0v) is 12.9. The number of nitrogens with two attached hydrogens (primary N) is 1. The average Bonchev–Trinajstić information content (AvgIpc) is 2.90. The van der Waals surface area contributed by atoms with Crippen molar-refractivity contribution in [2.75, 3.05) is 13.1 Å². The van der Waals surface area contributed by atoms with Crippen molar-refractivity contribution < 1.29 is 0 Å². The molecule has 1 aliphatic heterocycles. The van der Waals surface area contributed by atoms with Crippen LogP contribution in [0.4, 0.5) is 0 Å². The Hall–Kier alpha value is -0.0800. The van der Waals surface area contributed by atoms with Crippen LogP contribution >= 0.6 is 0 Å². The number of hydrogen-bond acceptors (Lipinski definition) is 2. The minimum Gasteiger partial charge on any atom is -0.329 e. The first-order valence-corrected chi connectivity index (χ1v) is 8.66. The third kappa shape index (κ3) is 2.15. The Balaban J connectivity index is 1.87. The van der Waals surface area contributed by atoms with E-state index in [1.165, 1.54) is 57.9 Å². The van der Waals surface area contributed by atoms with Gasteiger partial charge in [0.05, 0.1) is 0 Å². The van der Waals surface area contributed by atoms with Crippen LogP contribution in [-0.4, -0.2) is 29.6 Å². The molecule has 0 aromatic rings. The number of rotatable bonds is 2. The van der Waals surface area contributed by atoms with Crippen LogP contribution < -0.4 is 5.73 Å². The first kappa shape index (κ1) is 13.9. The van der Waals surface area contributed by atoms with E-state index in [4.69, 9.17) is 5.73 Å². The summed E-state index contributed by atoms with van der Waals surface area (Å²) in [7, 11) is 0. The van der Waals surface area contributed by atoms with Crippen molar-refractivity contribution in [3.8, 4) is 0 Å². The highest BCUT2D eigenvalue weighted by Gasteiger charge is 2.50. The molecule has 19 heavy (non-hydrogen) atoms. The molecule has 3 aliphatic rings. The van der Waals surface area contributed by atoms with Crippen molar-refractivity contribution in [1.29, 1.82) is 0 Å². The van der Waals surface area contributed by atoms with E-state index in [0.29, 0.717) is 5.54 Å². The number of likely N-dealkylation sites (tertiary alicyclic amines) is 1. The van der Waals surface area contributed by atoms with Crippen molar-refractivity contribution >= 4 is 0 Å². The van der Waals surface area contributed by atoms with Gasteiger partial charge in [0.1, 0.15) is 0 Å². The lowest BCUT2D eigenvalue weighted by molar-refractivity contribution is -0.0631. The first-order valence-electron chi connectivity index (χ1n) is 8.66. The molecule has 1 saturated heterocycles. The molecule has 2 N–H and O–H groups in total. The van der Waals surface area contributed by atoms with Crippen molar-refractivity contribution in [1.82, 2.24) is 4.90 Å². The number of nitrogens with zero attached hydrogens (tertiary/aromatic N) is 1. The van der Waals surface area contributed by atoms with Gasteiger partial charge >= 0.3 is 0 Å². The fourth-order valence-electron chi connectivity index (χ4n) is 5.55. The van der Waals surface area contributed by atoms with Crippen molar-refractivity contribution in [2.45, 2.75) is 76.8 Å². The topological polar surface area (TPSA) is 29.3 Å². The molecule has 0 bridgehead atoms. The SMILES string of the molecule is CC1CCCC(CN)(N2CCCC3CCCC32)C1C. The largest absolute Gasteiger partial charge is 0.329 e. The Kier molecular flexibility index (Phi) is 3.92. The van der Waals surface area contributed by atoms with E-state index >= 15 is 0 Å². The molecule has 2 saturated carbocycles. The minimum absolute atomic E-state index is 0.325. The van der Waals surface area contributed by atoms with Gasteiger partial charge in [0.2, 0.25) is 0 Å². The fraction of sp³-hybridized carbons (Fsp3) is 1.00. The molecule has 2 heteroatoms. The molecule has 0 aromatic heterocycles. The Bertz CT molecular complexity index is 316.